The van der Waals surface area contributed by atoms with E-state index < -0.39 is 0 Å². The van der Waals surface area contributed by atoms with Crippen LogP contribution in [0.25, 0.3) is 0 Å². The standard InChI is InChI=1S/C15H23N3O4/c19-10-3-1-8-14(21)17-12-6-5-7-13(16-12)18-15(22)9-2-4-11-20/h5-7,19-20H,1-4,8-11H2,(H2,16,17,18,21,22). The molecule has 7 heteroatoms. The zero-order valence-electron chi connectivity index (χ0n) is 12.5. The molecular weight excluding hydrogens is 286 g/mol. The van der Waals surface area contributed by atoms with Crippen molar-refractivity contribution in [3.05, 3.63) is 18.2 Å². The lowest BCUT2D eigenvalue weighted by atomic mass is 10.2. The fraction of sp³-hybridized carbons (Fsp3) is 0.533. The van der Waals surface area contributed by atoms with Crippen molar-refractivity contribution < 1.29 is 19.8 Å². The van der Waals surface area contributed by atoms with Gasteiger partial charge in [-0.15, -0.1) is 0 Å². The molecule has 1 heterocycles. The Balaban J connectivity index is 2.44. The maximum atomic E-state index is 11.7. The average Bonchev–Trinajstić information content (AvgIpc) is 2.48. The zero-order valence-corrected chi connectivity index (χ0v) is 12.5. The van der Waals surface area contributed by atoms with Crippen molar-refractivity contribution in [1.82, 2.24) is 4.98 Å². The number of pyridine rings is 1. The summed E-state index contributed by atoms with van der Waals surface area (Å²) in [5.41, 5.74) is 0. The number of unbranched alkanes of at least 4 members (excludes halogenated alkanes) is 2. The Morgan fingerprint density at radius 3 is 1.73 bits per heavy atom. The predicted octanol–water partition coefficient (Wildman–Crippen LogP) is 1.28. The molecule has 0 saturated carbocycles. The van der Waals surface area contributed by atoms with Crippen LogP contribution in [0, 0.1) is 0 Å². The highest BCUT2D eigenvalue weighted by Gasteiger charge is 2.06. The number of aliphatic hydroxyl groups excluding tert-OH is 2. The molecule has 0 aliphatic heterocycles. The van der Waals surface area contributed by atoms with Crippen molar-refractivity contribution in [2.24, 2.45) is 0 Å². The van der Waals surface area contributed by atoms with Crippen molar-refractivity contribution >= 4 is 23.5 Å². The van der Waals surface area contributed by atoms with Gasteiger partial charge in [0.15, 0.2) is 0 Å². The second-order valence-electron chi connectivity index (χ2n) is 4.87. The van der Waals surface area contributed by atoms with E-state index in [1.807, 2.05) is 0 Å². The van der Waals surface area contributed by atoms with E-state index in [1.165, 1.54) is 0 Å². The Hall–Kier alpha value is -1.99. The number of aromatic nitrogens is 1. The Morgan fingerprint density at radius 1 is 0.864 bits per heavy atom. The number of rotatable bonds is 10. The van der Waals surface area contributed by atoms with E-state index in [1.54, 1.807) is 18.2 Å². The first-order valence-corrected chi connectivity index (χ1v) is 7.44. The Morgan fingerprint density at radius 2 is 1.32 bits per heavy atom. The summed E-state index contributed by atoms with van der Waals surface area (Å²) in [6.45, 7) is 0.145. The van der Waals surface area contributed by atoms with Crippen LogP contribution in [0.1, 0.15) is 38.5 Å². The molecule has 0 bridgehead atoms. The monoisotopic (exact) mass is 309 g/mol. The van der Waals surface area contributed by atoms with Crippen molar-refractivity contribution in [2.75, 3.05) is 23.8 Å². The van der Waals surface area contributed by atoms with Crippen LogP contribution in [0.5, 0.6) is 0 Å². The maximum Gasteiger partial charge on any atom is 0.225 e. The molecule has 0 unspecified atom stereocenters. The van der Waals surface area contributed by atoms with E-state index in [-0.39, 0.29) is 25.0 Å². The van der Waals surface area contributed by atoms with Gasteiger partial charge in [0.05, 0.1) is 0 Å². The highest BCUT2D eigenvalue weighted by atomic mass is 16.3. The lowest BCUT2D eigenvalue weighted by Crippen LogP contribution is -2.15. The normalized spacial score (nSPS) is 10.3. The van der Waals surface area contributed by atoms with Gasteiger partial charge in [0.25, 0.3) is 0 Å². The second-order valence-corrected chi connectivity index (χ2v) is 4.87. The number of nitrogens with one attached hydrogen (secondary N) is 2. The molecule has 1 rings (SSSR count). The van der Waals surface area contributed by atoms with Crippen LogP contribution in [0.2, 0.25) is 0 Å². The molecule has 122 valence electrons. The third kappa shape index (κ3) is 7.70. The number of anilines is 2. The van der Waals surface area contributed by atoms with E-state index in [0.717, 1.165) is 0 Å². The first kappa shape index (κ1) is 18.1. The Bertz CT molecular complexity index is 440. The summed E-state index contributed by atoms with van der Waals surface area (Å²) in [4.78, 5) is 27.4. The van der Waals surface area contributed by atoms with Gasteiger partial charge in [0.2, 0.25) is 11.8 Å². The first-order valence-electron chi connectivity index (χ1n) is 7.44. The Kier molecular flexibility index (Phi) is 8.78. The highest BCUT2D eigenvalue weighted by molar-refractivity contribution is 5.91. The Labute approximate surface area is 129 Å². The van der Waals surface area contributed by atoms with Gasteiger partial charge in [0.1, 0.15) is 11.6 Å². The van der Waals surface area contributed by atoms with Crippen LogP contribution in [-0.2, 0) is 9.59 Å². The van der Waals surface area contributed by atoms with Crippen LogP contribution in [0.4, 0.5) is 11.6 Å². The van der Waals surface area contributed by atoms with E-state index in [9.17, 15) is 9.59 Å². The minimum Gasteiger partial charge on any atom is -0.396 e. The van der Waals surface area contributed by atoms with Crippen LogP contribution < -0.4 is 10.6 Å². The van der Waals surface area contributed by atoms with Crippen molar-refractivity contribution in [3.63, 3.8) is 0 Å². The van der Waals surface area contributed by atoms with E-state index in [0.29, 0.717) is 50.2 Å². The minimum atomic E-state index is -0.174. The quantitative estimate of drug-likeness (QED) is 0.487. The summed E-state index contributed by atoms with van der Waals surface area (Å²) in [6, 6.07) is 4.98. The molecule has 1 aromatic heterocycles. The first-order chi connectivity index (χ1) is 10.7. The summed E-state index contributed by atoms with van der Waals surface area (Å²) >= 11 is 0. The van der Waals surface area contributed by atoms with E-state index >= 15 is 0 Å². The number of carbonyl (C=O) groups is 2. The molecular formula is C15H23N3O4. The van der Waals surface area contributed by atoms with Gasteiger partial charge in [-0.2, -0.15) is 0 Å². The van der Waals surface area contributed by atoms with E-state index in [2.05, 4.69) is 15.6 Å². The molecule has 1 aromatic rings. The molecule has 4 N–H and O–H groups in total. The summed E-state index contributed by atoms with van der Waals surface area (Å²) < 4.78 is 0. The molecule has 0 fully saturated rings. The average molecular weight is 309 g/mol. The molecule has 0 saturated heterocycles. The molecule has 0 atom stereocenters. The highest BCUT2D eigenvalue weighted by Crippen LogP contribution is 2.11. The van der Waals surface area contributed by atoms with E-state index in [4.69, 9.17) is 10.2 Å². The predicted molar refractivity (Wildman–Crippen MR) is 83.4 cm³/mol. The molecule has 22 heavy (non-hydrogen) atoms. The lowest BCUT2D eigenvalue weighted by molar-refractivity contribution is -0.117. The van der Waals surface area contributed by atoms with Gasteiger partial charge in [-0.05, 0) is 37.8 Å². The van der Waals surface area contributed by atoms with Crippen molar-refractivity contribution in [3.8, 4) is 0 Å². The molecule has 0 aromatic carbocycles. The van der Waals surface area contributed by atoms with Gasteiger partial charge in [-0.3, -0.25) is 9.59 Å². The van der Waals surface area contributed by atoms with Gasteiger partial charge < -0.3 is 20.8 Å². The number of carbonyl (C=O) groups excluding carboxylic acids is 2. The van der Waals surface area contributed by atoms with Crippen LogP contribution in [0.15, 0.2) is 18.2 Å². The summed E-state index contributed by atoms with van der Waals surface area (Å²) in [6.07, 6.45) is 3.04. The molecule has 7 nitrogen and oxygen atoms in total. The maximum absolute atomic E-state index is 11.7. The van der Waals surface area contributed by atoms with Crippen LogP contribution in [-0.4, -0.2) is 40.2 Å². The topological polar surface area (TPSA) is 112 Å². The van der Waals surface area contributed by atoms with Crippen LogP contribution in [0.3, 0.4) is 0 Å². The molecule has 0 radical (unpaired) electrons. The molecule has 0 aliphatic rings. The smallest absolute Gasteiger partial charge is 0.225 e. The fourth-order valence-corrected chi connectivity index (χ4v) is 1.78. The zero-order chi connectivity index (χ0) is 16.2. The number of amides is 2. The molecule has 2 amide bonds. The molecule has 0 spiro atoms. The van der Waals surface area contributed by atoms with Crippen molar-refractivity contribution in [1.29, 1.82) is 0 Å². The van der Waals surface area contributed by atoms with Gasteiger partial charge in [-0.25, -0.2) is 4.98 Å². The minimum absolute atomic E-state index is 0.0727. The number of hydrogen-bond donors (Lipinski definition) is 4. The largest absolute Gasteiger partial charge is 0.396 e. The third-order valence-electron chi connectivity index (χ3n) is 2.91. The fourth-order valence-electron chi connectivity index (χ4n) is 1.78. The summed E-state index contributed by atoms with van der Waals surface area (Å²) in [5.74, 6) is 0.407. The third-order valence-corrected chi connectivity index (χ3v) is 2.91. The van der Waals surface area contributed by atoms with Gasteiger partial charge in [-0.1, -0.05) is 6.07 Å². The number of hydrogen-bond acceptors (Lipinski definition) is 5. The summed E-state index contributed by atoms with van der Waals surface area (Å²) in [7, 11) is 0. The van der Waals surface area contributed by atoms with Crippen LogP contribution >= 0.6 is 0 Å². The second kappa shape index (κ2) is 10.7. The SMILES string of the molecule is O=C(CCCCO)Nc1cccc(NC(=O)CCCCO)n1. The van der Waals surface area contributed by atoms with Crippen molar-refractivity contribution in [2.45, 2.75) is 38.5 Å². The summed E-state index contributed by atoms with van der Waals surface area (Å²) in [5, 5.41) is 22.6. The number of aliphatic hydroxyl groups is 2. The lowest BCUT2D eigenvalue weighted by Gasteiger charge is -2.07. The number of nitrogens with zero attached hydrogens (tertiary/aromatic N) is 1. The van der Waals surface area contributed by atoms with Gasteiger partial charge >= 0.3 is 0 Å². The molecule has 0 aliphatic carbocycles. The van der Waals surface area contributed by atoms with Gasteiger partial charge in [0, 0.05) is 26.1 Å².